The van der Waals surface area contributed by atoms with E-state index >= 15 is 0 Å². The van der Waals surface area contributed by atoms with Gasteiger partial charge in [0, 0.05) is 6.61 Å². The van der Waals surface area contributed by atoms with Crippen LogP contribution in [0, 0.1) is 5.41 Å². The van der Waals surface area contributed by atoms with E-state index in [0.717, 1.165) is 36.2 Å². The molecule has 1 aliphatic rings. The van der Waals surface area contributed by atoms with Crippen molar-refractivity contribution in [2.75, 3.05) is 13.2 Å². The topological polar surface area (TPSA) is 18.5 Å². The van der Waals surface area contributed by atoms with Crippen molar-refractivity contribution in [2.24, 2.45) is 5.41 Å². The molecule has 0 aliphatic carbocycles. The van der Waals surface area contributed by atoms with Gasteiger partial charge in [0.2, 0.25) is 0 Å². The molecule has 3 heteroatoms. The number of rotatable bonds is 9. The molecule has 0 aromatic rings. The van der Waals surface area contributed by atoms with Crippen molar-refractivity contribution in [3.8, 4) is 0 Å². The molecule has 20 heavy (non-hydrogen) atoms. The Labute approximate surface area is 138 Å². The van der Waals surface area contributed by atoms with Crippen LogP contribution in [0.3, 0.4) is 0 Å². The summed E-state index contributed by atoms with van der Waals surface area (Å²) in [4.78, 5) is 0. The average Bonchev–Trinajstić information content (AvgIpc) is 2.43. The Morgan fingerprint density at radius 3 is 2.80 bits per heavy atom. The Morgan fingerprint density at radius 2 is 2.15 bits per heavy atom. The molecule has 0 aromatic carbocycles. The molecule has 1 fully saturated rings. The van der Waals surface area contributed by atoms with Gasteiger partial charge in [-0.1, -0.05) is 46.5 Å². The predicted octanol–water partition coefficient (Wildman–Crippen LogP) is 5.85. The molecular formula is C17H31IO2. The lowest BCUT2D eigenvalue weighted by molar-refractivity contribution is -0.0149. The van der Waals surface area contributed by atoms with Crippen molar-refractivity contribution < 1.29 is 9.47 Å². The van der Waals surface area contributed by atoms with Gasteiger partial charge in [0.15, 0.2) is 3.77 Å². The Morgan fingerprint density at radius 1 is 1.35 bits per heavy atom. The lowest BCUT2D eigenvalue weighted by Crippen LogP contribution is -2.24. The van der Waals surface area contributed by atoms with Crippen LogP contribution in [0.5, 0.6) is 0 Å². The van der Waals surface area contributed by atoms with E-state index in [2.05, 4.69) is 49.4 Å². The van der Waals surface area contributed by atoms with Gasteiger partial charge in [-0.2, -0.15) is 0 Å². The largest absolute Gasteiger partial charge is 0.482 e. The van der Waals surface area contributed by atoms with Crippen molar-refractivity contribution in [1.29, 1.82) is 0 Å². The van der Waals surface area contributed by atoms with Crippen LogP contribution in [0.15, 0.2) is 9.84 Å². The van der Waals surface area contributed by atoms with Gasteiger partial charge < -0.3 is 9.47 Å². The minimum absolute atomic E-state index is 0.263. The fourth-order valence-corrected chi connectivity index (χ4v) is 3.08. The molecule has 1 saturated heterocycles. The number of hydrogen-bond donors (Lipinski definition) is 0. The Kier molecular flexibility index (Phi) is 9.18. The summed E-state index contributed by atoms with van der Waals surface area (Å²) in [5.74, 6) is 0. The molecule has 1 heterocycles. The molecule has 1 aliphatic heterocycles. The Bertz CT molecular complexity index is 281. The first kappa shape index (κ1) is 18.3. The lowest BCUT2D eigenvalue weighted by atomic mass is 9.83. The van der Waals surface area contributed by atoms with E-state index in [1.165, 1.54) is 32.1 Å². The smallest absolute Gasteiger partial charge is 0.153 e. The Hall–Kier alpha value is 0.230. The van der Waals surface area contributed by atoms with Crippen LogP contribution < -0.4 is 0 Å². The normalized spacial score (nSPS) is 21.0. The quantitative estimate of drug-likeness (QED) is 0.278. The molecule has 0 radical (unpaired) electrons. The first-order valence-electron chi connectivity index (χ1n) is 8.13. The zero-order chi connectivity index (χ0) is 14.8. The summed E-state index contributed by atoms with van der Waals surface area (Å²) in [6.45, 7) is 8.64. The van der Waals surface area contributed by atoms with Gasteiger partial charge >= 0.3 is 0 Å². The monoisotopic (exact) mass is 394 g/mol. The lowest BCUT2D eigenvalue weighted by Gasteiger charge is -2.25. The van der Waals surface area contributed by atoms with Crippen LogP contribution in [0.25, 0.3) is 0 Å². The van der Waals surface area contributed by atoms with Crippen molar-refractivity contribution in [3.05, 3.63) is 9.84 Å². The van der Waals surface area contributed by atoms with Gasteiger partial charge in [0.25, 0.3) is 0 Å². The molecule has 2 nitrogen and oxygen atoms in total. The molecule has 0 N–H and O–H groups in total. The molecule has 118 valence electrons. The Balaban J connectivity index is 2.24. The predicted molar refractivity (Wildman–Crippen MR) is 94.2 cm³/mol. The number of ether oxygens (including phenoxy) is 2. The van der Waals surface area contributed by atoms with E-state index in [4.69, 9.17) is 9.47 Å². The number of unbranched alkanes of at least 4 members (excludes halogenated alkanes) is 3. The van der Waals surface area contributed by atoms with Crippen LogP contribution in [0.2, 0.25) is 0 Å². The molecule has 0 amide bonds. The molecule has 0 bridgehead atoms. The van der Waals surface area contributed by atoms with Crippen LogP contribution in [0.4, 0.5) is 0 Å². The highest BCUT2D eigenvalue weighted by Crippen LogP contribution is 2.30. The number of hydrogen-bond acceptors (Lipinski definition) is 2. The van der Waals surface area contributed by atoms with E-state index < -0.39 is 0 Å². The van der Waals surface area contributed by atoms with Crippen LogP contribution in [0.1, 0.15) is 72.1 Å². The van der Waals surface area contributed by atoms with Gasteiger partial charge in [-0.3, -0.25) is 0 Å². The first-order chi connectivity index (χ1) is 9.53. The van der Waals surface area contributed by atoms with Crippen molar-refractivity contribution in [2.45, 2.75) is 78.2 Å². The van der Waals surface area contributed by atoms with Gasteiger partial charge in [-0.05, 0) is 59.8 Å². The summed E-state index contributed by atoms with van der Waals surface area (Å²) in [6.07, 6.45) is 12.6. The minimum Gasteiger partial charge on any atom is -0.482 e. The molecule has 0 spiro atoms. The minimum atomic E-state index is 0.263. The summed E-state index contributed by atoms with van der Waals surface area (Å²) in [5, 5.41) is 0. The third kappa shape index (κ3) is 8.50. The summed E-state index contributed by atoms with van der Waals surface area (Å²) in [5.41, 5.74) is 0.386. The maximum atomic E-state index is 5.95. The van der Waals surface area contributed by atoms with E-state index in [1.54, 1.807) is 0 Å². The summed E-state index contributed by atoms with van der Waals surface area (Å²) in [6, 6.07) is 0. The fourth-order valence-electron chi connectivity index (χ4n) is 2.50. The van der Waals surface area contributed by atoms with E-state index in [0.29, 0.717) is 5.41 Å². The van der Waals surface area contributed by atoms with Gasteiger partial charge in [0.1, 0.15) is 6.10 Å². The molecule has 1 rings (SSSR count). The highest BCUT2D eigenvalue weighted by Gasteiger charge is 2.18. The second-order valence-electron chi connectivity index (χ2n) is 6.64. The van der Waals surface area contributed by atoms with Crippen LogP contribution >= 0.6 is 22.6 Å². The first-order valence-corrected chi connectivity index (χ1v) is 9.21. The van der Waals surface area contributed by atoms with Gasteiger partial charge in [-0.25, -0.2) is 0 Å². The molecule has 0 aromatic heterocycles. The number of allylic oxidation sites excluding steroid dienone is 1. The summed E-state index contributed by atoms with van der Waals surface area (Å²) in [7, 11) is 0. The van der Waals surface area contributed by atoms with Gasteiger partial charge in [0.05, 0.1) is 6.61 Å². The zero-order valence-corrected chi connectivity index (χ0v) is 15.6. The molecule has 0 saturated carbocycles. The van der Waals surface area contributed by atoms with E-state index in [1.807, 2.05) is 0 Å². The standard InChI is InChI=1S/C17H31IO2/c1-4-5-6-7-11-17(2,3)12-10-16(18)20-15-9-8-13-19-14-15/h10,15H,4-9,11-14H2,1-3H3. The highest BCUT2D eigenvalue weighted by molar-refractivity contribution is 14.1. The second-order valence-corrected chi connectivity index (χ2v) is 7.71. The summed E-state index contributed by atoms with van der Waals surface area (Å²) < 4.78 is 12.4. The zero-order valence-electron chi connectivity index (χ0n) is 13.4. The van der Waals surface area contributed by atoms with E-state index in [-0.39, 0.29) is 6.10 Å². The SMILES string of the molecule is CCCCCCC(C)(C)CC=C(I)OC1CCCOC1. The average molecular weight is 394 g/mol. The summed E-state index contributed by atoms with van der Waals surface area (Å²) >= 11 is 2.32. The molecule has 1 unspecified atom stereocenters. The highest BCUT2D eigenvalue weighted by atomic mass is 127. The van der Waals surface area contributed by atoms with Crippen molar-refractivity contribution in [1.82, 2.24) is 0 Å². The van der Waals surface area contributed by atoms with Crippen molar-refractivity contribution >= 4 is 22.6 Å². The van der Waals surface area contributed by atoms with Crippen molar-refractivity contribution in [3.63, 3.8) is 0 Å². The maximum Gasteiger partial charge on any atom is 0.153 e. The van der Waals surface area contributed by atoms with Crippen LogP contribution in [-0.2, 0) is 9.47 Å². The van der Waals surface area contributed by atoms with Crippen LogP contribution in [-0.4, -0.2) is 19.3 Å². The maximum absolute atomic E-state index is 5.95. The van der Waals surface area contributed by atoms with Gasteiger partial charge in [-0.15, -0.1) is 0 Å². The number of halogens is 1. The third-order valence-electron chi connectivity index (χ3n) is 3.92. The molecular weight excluding hydrogens is 363 g/mol. The fraction of sp³-hybridized carbons (Fsp3) is 0.882. The second kappa shape index (κ2) is 10.0. The third-order valence-corrected chi connectivity index (χ3v) is 4.61. The van der Waals surface area contributed by atoms with E-state index in [9.17, 15) is 0 Å². The molecule has 1 atom stereocenters.